The van der Waals surface area contributed by atoms with Gasteiger partial charge in [0.15, 0.2) is 0 Å². The van der Waals surface area contributed by atoms with E-state index in [4.69, 9.17) is 4.98 Å². The normalized spacial score (nSPS) is 17.8. The Kier molecular flexibility index (Phi) is 4.63. The molecule has 1 unspecified atom stereocenters. The van der Waals surface area contributed by atoms with Gasteiger partial charge in [0.25, 0.3) is 0 Å². The van der Waals surface area contributed by atoms with E-state index >= 15 is 0 Å². The average molecular weight is 303 g/mol. The number of anilines is 1. The number of aromatic nitrogens is 2. The minimum absolute atomic E-state index is 0.370. The number of nitrogens with zero attached hydrogens (tertiary/aromatic N) is 2. The van der Waals surface area contributed by atoms with E-state index in [2.05, 4.69) is 47.4 Å². The number of hydrogen-bond acceptors (Lipinski definition) is 3. The topological polar surface area (TPSA) is 29.9 Å². The fourth-order valence-corrected chi connectivity index (χ4v) is 4.14. The molecular weight excluding hydrogens is 278 g/mol. The van der Waals surface area contributed by atoms with Gasteiger partial charge in [-0.3, -0.25) is 0 Å². The largest absolute Gasteiger partial charge is 0.348 e. The number of hydrogen-bond donors (Lipinski definition) is 1. The minimum Gasteiger partial charge on any atom is -0.348 e. The summed E-state index contributed by atoms with van der Waals surface area (Å²) in [5, 5.41) is 5.83. The molecule has 0 aromatic carbocycles. The van der Waals surface area contributed by atoms with E-state index in [0.717, 1.165) is 18.1 Å². The zero-order chi connectivity index (χ0) is 14.7. The Morgan fingerprint density at radius 3 is 2.86 bits per heavy atom. The molecular formula is C17H25N3S. The van der Waals surface area contributed by atoms with Gasteiger partial charge in [-0.05, 0) is 37.6 Å². The summed E-state index contributed by atoms with van der Waals surface area (Å²) < 4.78 is 2.39. The molecule has 1 aliphatic carbocycles. The van der Waals surface area contributed by atoms with Crippen LogP contribution in [0, 0.1) is 6.92 Å². The summed E-state index contributed by atoms with van der Waals surface area (Å²) >= 11 is 1.82. The van der Waals surface area contributed by atoms with Crippen LogP contribution in [0.2, 0.25) is 0 Å². The van der Waals surface area contributed by atoms with Gasteiger partial charge in [-0.15, -0.1) is 11.3 Å². The lowest BCUT2D eigenvalue weighted by Gasteiger charge is -2.26. The third-order valence-electron chi connectivity index (χ3n) is 4.42. The van der Waals surface area contributed by atoms with E-state index in [1.807, 2.05) is 11.3 Å². The van der Waals surface area contributed by atoms with E-state index < -0.39 is 0 Å². The second kappa shape index (κ2) is 6.65. The molecule has 21 heavy (non-hydrogen) atoms. The molecule has 0 amide bonds. The molecule has 3 nitrogen and oxygen atoms in total. The summed E-state index contributed by atoms with van der Waals surface area (Å²) in [5.41, 5.74) is 1.11. The fourth-order valence-electron chi connectivity index (χ4n) is 3.28. The Bertz CT molecular complexity index is 553. The molecule has 0 aliphatic heterocycles. The molecule has 0 radical (unpaired) electrons. The van der Waals surface area contributed by atoms with Crippen LogP contribution in [0.1, 0.15) is 68.1 Å². The summed E-state index contributed by atoms with van der Waals surface area (Å²) in [7, 11) is 0. The van der Waals surface area contributed by atoms with Crippen LogP contribution < -0.4 is 5.32 Å². The third kappa shape index (κ3) is 3.31. The highest BCUT2D eigenvalue weighted by molar-refractivity contribution is 7.10. The molecule has 1 N–H and O–H groups in total. The molecule has 0 spiro atoms. The lowest BCUT2D eigenvalue weighted by atomic mass is 9.95. The highest BCUT2D eigenvalue weighted by Gasteiger charge is 2.20. The molecule has 1 aliphatic rings. The molecule has 114 valence electrons. The van der Waals surface area contributed by atoms with Gasteiger partial charge in [-0.1, -0.05) is 32.3 Å². The second-order valence-corrected chi connectivity index (χ2v) is 7.00. The monoisotopic (exact) mass is 303 g/mol. The molecule has 1 fully saturated rings. The molecule has 1 atom stereocenters. The van der Waals surface area contributed by atoms with Crippen LogP contribution in [-0.2, 0) is 0 Å². The van der Waals surface area contributed by atoms with Crippen LogP contribution in [0.25, 0.3) is 0 Å². The van der Waals surface area contributed by atoms with Gasteiger partial charge in [-0.2, -0.15) is 0 Å². The Labute approximate surface area is 131 Å². The first-order valence-corrected chi connectivity index (χ1v) is 9.01. The van der Waals surface area contributed by atoms with Crippen molar-refractivity contribution in [1.29, 1.82) is 0 Å². The summed E-state index contributed by atoms with van der Waals surface area (Å²) in [4.78, 5) is 6.14. The average Bonchev–Trinajstić information content (AvgIpc) is 3.15. The smallest absolute Gasteiger partial charge is 0.203 e. The lowest BCUT2D eigenvalue weighted by Crippen LogP contribution is -2.17. The number of aryl methyl sites for hydroxylation is 1. The van der Waals surface area contributed by atoms with E-state index in [0.29, 0.717) is 12.1 Å². The fraction of sp³-hybridized carbons (Fsp3) is 0.588. The van der Waals surface area contributed by atoms with Gasteiger partial charge in [0.2, 0.25) is 5.95 Å². The third-order valence-corrected chi connectivity index (χ3v) is 5.41. The first-order valence-electron chi connectivity index (χ1n) is 8.13. The highest BCUT2D eigenvalue weighted by atomic mass is 32.1. The second-order valence-electron chi connectivity index (χ2n) is 6.03. The van der Waals surface area contributed by atoms with Crippen molar-refractivity contribution in [3.8, 4) is 0 Å². The molecule has 2 aromatic heterocycles. The van der Waals surface area contributed by atoms with Crippen molar-refractivity contribution >= 4 is 17.3 Å². The first kappa shape index (κ1) is 14.6. The van der Waals surface area contributed by atoms with E-state index in [-0.39, 0.29) is 0 Å². The highest BCUT2D eigenvalue weighted by Crippen LogP contribution is 2.33. The summed E-state index contributed by atoms with van der Waals surface area (Å²) in [6, 6.07) is 5.34. The lowest BCUT2D eigenvalue weighted by molar-refractivity contribution is 0.355. The van der Waals surface area contributed by atoms with Gasteiger partial charge >= 0.3 is 0 Å². The van der Waals surface area contributed by atoms with Crippen LogP contribution in [-0.4, -0.2) is 9.55 Å². The summed E-state index contributed by atoms with van der Waals surface area (Å²) in [6.45, 7) is 4.33. The van der Waals surface area contributed by atoms with Crippen LogP contribution in [0.15, 0.2) is 23.7 Å². The summed E-state index contributed by atoms with van der Waals surface area (Å²) in [5.74, 6) is 1.06. The maximum absolute atomic E-state index is 4.74. The Balaban J connectivity index is 1.81. The zero-order valence-electron chi connectivity index (χ0n) is 13.0. The predicted molar refractivity (Wildman–Crippen MR) is 90.1 cm³/mol. The van der Waals surface area contributed by atoms with E-state index in [1.165, 1.54) is 37.0 Å². The predicted octanol–water partition coefficient (Wildman–Crippen LogP) is 5.32. The van der Waals surface area contributed by atoms with Crippen LogP contribution in [0.3, 0.4) is 0 Å². The molecule has 0 bridgehead atoms. The van der Waals surface area contributed by atoms with Gasteiger partial charge < -0.3 is 9.88 Å². The van der Waals surface area contributed by atoms with Crippen molar-refractivity contribution in [2.24, 2.45) is 0 Å². The van der Waals surface area contributed by atoms with Crippen molar-refractivity contribution < 1.29 is 0 Å². The number of nitrogens with one attached hydrogen (secondary N) is 1. The van der Waals surface area contributed by atoms with E-state index in [9.17, 15) is 0 Å². The van der Waals surface area contributed by atoms with Crippen molar-refractivity contribution in [2.45, 2.75) is 64.5 Å². The van der Waals surface area contributed by atoms with Crippen LogP contribution >= 0.6 is 11.3 Å². The molecule has 2 aromatic rings. The molecule has 0 saturated heterocycles. The van der Waals surface area contributed by atoms with Crippen molar-refractivity contribution in [3.05, 3.63) is 34.3 Å². The maximum atomic E-state index is 4.74. The molecule has 1 saturated carbocycles. The van der Waals surface area contributed by atoms with Gasteiger partial charge in [-0.25, -0.2) is 4.98 Å². The van der Waals surface area contributed by atoms with Crippen LogP contribution in [0.5, 0.6) is 0 Å². The van der Waals surface area contributed by atoms with Crippen molar-refractivity contribution in [3.63, 3.8) is 0 Å². The summed E-state index contributed by atoms with van der Waals surface area (Å²) in [6.07, 6.45) is 9.98. The SMILES string of the molecule is CCC(Nc1nc(C)cn1C1CCCCC1)c1cccs1. The molecule has 3 rings (SSSR count). The van der Waals surface area contributed by atoms with Crippen molar-refractivity contribution in [2.75, 3.05) is 5.32 Å². The Morgan fingerprint density at radius 1 is 1.38 bits per heavy atom. The minimum atomic E-state index is 0.370. The number of rotatable bonds is 5. The maximum Gasteiger partial charge on any atom is 0.203 e. The molecule has 2 heterocycles. The van der Waals surface area contributed by atoms with Crippen molar-refractivity contribution in [1.82, 2.24) is 9.55 Å². The Morgan fingerprint density at radius 2 is 2.19 bits per heavy atom. The number of imidazole rings is 1. The standard InChI is InChI=1S/C17H25N3S/c1-3-15(16-10-7-11-21-16)19-17-18-13(2)12-20(17)14-8-5-4-6-9-14/h7,10-12,14-15H,3-6,8-9H2,1-2H3,(H,18,19). The first-order chi connectivity index (χ1) is 10.3. The number of thiophene rings is 1. The van der Waals surface area contributed by atoms with Gasteiger partial charge in [0.05, 0.1) is 11.7 Å². The zero-order valence-corrected chi connectivity index (χ0v) is 13.8. The van der Waals surface area contributed by atoms with Gasteiger partial charge in [0, 0.05) is 17.1 Å². The Hall–Kier alpha value is -1.29. The van der Waals surface area contributed by atoms with E-state index in [1.54, 1.807) is 0 Å². The molecule has 4 heteroatoms. The van der Waals surface area contributed by atoms with Gasteiger partial charge in [0.1, 0.15) is 0 Å². The van der Waals surface area contributed by atoms with Crippen LogP contribution in [0.4, 0.5) is 5.95 Å². The quantitative estimate of drug-likeness (QED) is 0.810.